The Morgan fingerprint density at radius 3 is 2.27 bits per heavy atom. The molecule has 4 aromatic rings. The van der Waals surface area contributed by atoms with Crippen LogP contribution in [0.5, 0.6) is 5.75 Å². The van der Waals surface area contributed by atoms with Gasteiger partial charge in [0.25, 0.3) is 0 Å². The zero-order valence-electron chi connectivity index (χ0n) is 36.8. The first-order valence-corrected chi connectivity index (χ1v) is 21.8. The highest BCUT2D eigenvalue weighted by Crippen LogP contribution is 2.55. The highest BCUT2D eigenvalue weighted by Gasteiger charge is 2.55. The SMILES string of the molecule is CC1(C)CC(C)(C)C1Oc1ccc(C#N)c2[nH]c(=O)ccc12.CNc1cc(N2CCN(CC3CCN(c4ccc(C(N)=O)cc4F)CC3)CC2)ccc1C(=N)C1CCC(=O)NC1=O. The van der Waals surface area contributed by atoms with Gasteiger partial charge in [-0.25, -0.2) is 4.39 Å². The molecule has 63 heavy (non-hydrogen) atoms. The number of fused-ring (bicyclic) bond motifs is 1. The van der Waals surface area contributed by atoms with Gasteiger partial charge >= 0.3 is 0 Å². The minimum Gasteiger partial charge on any atom is -0.489 e. The molecule has 332 valence electrons. The van der Waals surface area contributed by atoms with Crippen LogP contribution in [0.15, 0.2) is 65.5 Å². The summed E-state index contributed by atoms with van der Waals surface area (Å²) in [5, 5.41) is 24.2. The summed E-state index contributed by atoms with van der Waals surface area (Å²) < 4.78 is 20.9. The minimum atomic E-state index is -0.626. The largest absolute Gasteiger partial charge is 0.489 e. The molecule has 3 amide bonds. The number of carbonyl (C=O) groups excluding carboxylic acids is 3. The van der Waals surface area contributed by atoms with E-state index in [1.54, 1.807) is 24.3 Å². The van der Waals surface area contributed by atoms with Crippen molar-refractivity contribution in [2.24, 2.45) is 28.4 Å². The molecule has 1 saturated carbocycles. The van der Waals surface area contributed by atoms with E-state index >= 15 is 0 Å². The third-order valence-corrected chi connectivity index (χ3v) is 13.1. The van der Waals surface area contributed by atoms with Crippen molar-refractivity contribution in [1.29, 1.82) is 10.7 Å². The second-order valence-corrected chi connectivity index (χ2v) is 18.6. The standard InChI is InChI=1S/C30H38FN7O3.C18H20N2O2/c1-34-25-17-21(3-4-22(25)28(32)23-5-7-27(39)35-30(23)41)37-14-12-36(13-15-37)18-19-8-10-38(11-9-19)26-6-2-20(29(33)40)16-24(26)31;1-17(2)10-18(3,4)16(17)22-13-7-5-11(9-19)15-12(13)6-8-14(21)20-15/h2-4,6,16-17,19,23,32,34H,5,7-15,18H2,1H3,(H2,33,40)(H,35,39,41);5-8,16H,10H2,1-4H3,(H,20,21). The normalized spacial score (nSPS) is 20.2. The number of nitrogens with zero attached hydrogens (tertiary/aromatic N) is 4. The smallest absolute Gasteiger partial charge is 0.248 e. The monoisotopic (exact) mass is 859 g/mol. The van der Waals surface area contributed by atoms with Gasteiger partial charge in [0.15, 0.2) is 0 Å². The molecule has 1 aliphatic carbocycles. The molecule has 0 bridgehead atoms. The van der Waals surface area contributed by atoms with Crippen molar-refractivity contribution < 1.29 is 23.5 Å². The van der Waals surface area contributed by atoms with E-state index in [4.69, 9.17) is 15.9 Å². The van der Waals surface area contributed by atoms with E-state index in [9.17, 15) is 28.8 Å². The molecule has 0 spiro atoms. The molecule has 8 rings (SSSR count). The predicted molar refractivity (Wildman–Crippen MR) is 243 cm³/mol. The number of piperidine rings is 2. The summed E-state index contributed by atoms with van der Waals surface area (Å²) in [5.74, 6) is -1.06. The average molecular weight is 860 g/mol. The summed E-state index contributed by atoms with van der Waals surface area (Å²) in [6.45, 7) is 15.1. The van der Waals surface area contributed by atoms with Crippen molar-refractivity contribution in [2.45, 2.75) is 65.9 Å². The Labute approximate surface area is 367 Å². The molecule has 4 aliphatic rings. The van der Waals surface area contributed by atoms with Gasteiger partial charge in [-0.15, -0.1) is 0 Å². The van der Waals surface area contributed by atoms with Gasteiger partial charge in [0.2, 0.25) is 23.3 Å². The molecule has 3 saturated heterocycles. The Morgan fingerprint density at radius 1 is 0.937 bits per heavy atom. The summed E-state index contributed by atoms with van der Waals surface area (Å²) >= 11 is 0. The van der Waals surface area contributed by atoms with E-state index in [-0.39, 0.29) is 46.1 Å². The number of aromatic nitrogens is 1. The van der Waals surface area contributed by atoms with E-state index in [1.165, 1.54) is 12.1 Å². The topological polar surface area (TPSA) is 201 Å². The number of carbonyl (C=O) groups is 3. The summed E-state index contributed by atoms with van der Waals surface area (Å²) in [6, 6.07) is 19.2. The van der Waals surface area contributed by atoms with Crippen LogP contribution in [0.4, 0.5) is 21.5 Å². The molecule has 6 N–H and O–H groups in total. The van der Waals surface area contributed by atoms with Crippen molar-refractivity contribution in [3.8, 4) is 11.8 Å². The molecule has 1 atom stereocenters. The van der Waals surface area contributed by atoms with E-state index in [0.717, 1.165) is 87.6 Å². The number of ether oxygens (including phenoxy) is 1. The fraction of sp³-hybridized carbons (Fsp3) is 0.458. The molecular weight excluding hydrogens is 802 g/mol. The number of hydrogen-bond donors (Lipinski definition) is 5. The Balaban J connectivity index is 0.000000227. The van der Waals surface area contributed by atoms with Crippen LogP contribution < -0.4 is 36.5 Å². The highest BCUT2D eigenvalue weighted by atomic mass is 19.1. The van der Waals surface area contributed by atoms with Crippen molar-refractivity contribution in [3.05, 3.63) is 93.5 Å². The van der Waals surface area contributed by atoms with Crippen molar-refractivity contribution in [2.75, 3.05) is 68.0 Å². The van der Waals surface area contributed by atoms with Crippen LogP contribution in [0.2, 0.25) is 0 Å². The molecule has 4 heterocycles. The quantitative estimate of drug-likeness (QED) is 0.0927. The maximum atomic E-state index is 14.6. The lowest BCUT2D eigenvalue weighted by atomic mass is 9.53. The summed E-state index contributed by atoms with van der Waals surface area (Å²) in [7, 11) is 1.81. The van der Waals surface area contributed by atoms with Crippen molar-refractivity contribution in [3.63, 3.8) is 0 Å². The van der Waals surface area contributed by atoms with E-state index in [2.05, 4.69) is 64.1 Å². The maximum Gasteiger partial charge on any atom is 0.248 e. The molecule has 14 nitrogen and oxygen atoms in total. The second kappa shape index (κ2) is 18.2. The van der Waals surface area contributed by atoms with Gasteiger partial charge in [-0.1, -0.05) is 27.7 Å². The van der Waals surface area contributed by atoms with Crippen LogP contribution in [-0.2, 0) is 9.59 Å². The third-order valence-electron chi connectivity index (χ3n) is 13.1. The van der Waals surface area contributed by atoms with Crippen LogP contribution in [0, 0.1) is 45.2 Å². The van der Waals surface area contributed by atoms with Crippen LogP contribution in [0.25, 0.3) is 10.9 Å². The van der Waals surface area contributed by atoms with Gasteiger partial charge in [0.1, 0.15) is 23.7 Å². The summed E-state index contributed by atoms with van der Waals surface area (Å²) in [6.07, 6.45) is 3.79. The number of primary amides is 1. The first-order valence-electron chi connectivity index (χ1n) is 21.8. The van der Waals surface area contributed by atoms with Gasteiger partial charge in [0.05, 0.1) is 28.4 Å². The molecule has 1 unspecified atom stereocenters. The molecule has 0 radical (unpaired) electrons. The van der Waals surface area contributed by atoms with Gasteiger partial charge in [-0.3, -0.25) is 29.4 Å². The lowest BCUT2D eigenvalue weighted by Gasteiger charge is -2.56. The maximum absolute atomic E-state index is 14.6. The van der Waals surface area contributed by atoms with E-state index in [0.29, 0.717) is 34.7 Å². The molecule has 3 aliphatic heterocycles. The zero-order valence-corrected chi connectivity index (χ0v) is 36.8. The third kappa shape index (κ3) is 9.71. The number of H-pyrrole nitrogens is 1. The number of pyridine rings is 1. The first-order chi connectivity index (χ1) is 30.0. The first kappa shape index (κ1) is 44.8. The van der Waals surface area contributed by atoms with Crippen LogP contribution in [0.3, 0.4) is 0 Å². The lowest BCUT2D eigenvalue weighted by molar-refractivity contribution is -0.134. The number of piperazine rings is 1. The number of imide groups is 1. The molecule has 4 fully saturated rings. The number of rotatable bonds is 10. The number of aromatic amines is 1. The van der Waals surface area contributed by atoms with Gasteiger partial charge in [0, 0.05) is 104 Å². The molecule has 3 aromatic carbocycles. The Hall–Kier alpha value is -6.27. The summed E-state index contributed by atoms with van der Waals surface area (Å²) in [5.41, 5.74) is 9.77. The lowest BCUT2D eigenvalue weighted by Crippen LogP contribution is -2.58. The average Bonchev–Trinajstić information content (AvgIpc) is 3.25. The molecule has 15 heteroatoms. The molecular formula is C48H58FN9O5. The van der Waals surface area contributed by atoms with E-state index in [1.807, 2.05) is 31.3 Å². The van der Waals surface area contributed by atoms with Gasteiger partial charge in [-0.05, 0) is 86.2 Å². The molecule has 1 aromatic heterocycles. The van der Waals surface area contributed by atoms with Crippen LogP contribution >= 0.6 is 0 Å². The Bertz CT molecular complexity index is 2500. The number of benzene rings is 3. The fourth-order valence-electron chi connectivity index (χ4n) is 10.3. The number of nitriles is 1. The number of anilines is 3. The number of hydrogen-bond acceptors (Lipinski definition) is 11. The van der Waals surface area contributed by atoms with E-state index < -0.39 is 23.5 Å². The van der Waals surface area contributed by atoms with Crippen LogP contribution in [0.1, 0.15) is 81.3 Å². The predicted octanol–water partition coefficient (Wildman–Crippen LogP) is 6.03. The number of nitrogens with two attached hydrogens (primary N) is 1. The van der Waals surface area contributed by atoms with Crippen molar-refractivity contribution >= 4 is 51.4 Å². The summed E-state index contributed by atoms with van der Waals surface area (Å²) in [4.78, 5) is 56.3. The van der Waals surface area contributed by atoms with Gasteiger partial charge < -0.3 is 36.0 Å². The highest BCUT2D eigenvalue weighted by molar-refractivity contribution is 6.17. The van der Waals surface area contributed by atoms with Crippen LogP contribution in [-0.4, -0.2) is 92.3 Å². The number of nitrogens with one attached hydrogen (secondary N) is 4. The van der Waals surface area contributed by atoms with Crippen molar-refractivity contribution in [1.82, 2.24) is 15.2 Å². The Kier molecular flexibility index (Phi) is 12.9. The minimum absolute atomic E-state index is 0.100. The fourth-order valence-corrected chi connectivity index (χ4v) is 10.3. The zero-order chi connectivity index (χ0) is 45.2. The van der Waals surface area contributed by atoms with Gasteiger partial charge in [-0.2, -0.15) is 5.26 Å². The Morgan fingerprint density at radius 2 is 1.65 bits per heavy atom. The second-order valence-electron chi connectivity index (χ2n) is 18.6. The number of amides is 3. The number of halogens is 1.